The summed E-state index contributed by atoms with van der Waals surface area (Å²) in [6, 6.07) is 0. The van der Waals surface area contributed by atoms with Crippen molar-refractivity contribution in [2.45, 2.75) is 38.7 Å². The molecular weight excluding hydrogens is 180 g/mol. The summed E-state index contributed by atoms with van der Waals surface area (Å²) in [5.41, 5.74) is 0. The molecular formula is C11H18O3. The van der Waals surface area contributed by atoms with Gasteiger partial charge in [-0.2, -0.15) is 0 Å². The van der Waals surface area contributed by atoms with Gasteiger partial charge in [-0.3, -0.25) is 4.79 Å². The summed E-state index contributed by atoms with van der Waals surface area (Å²) in [5.74, 6) is 0.0316. The minimum atomic E-state index is -0.0513. The third-order valence-electron chi connectivity index (χ3n) is 2.58. The predicted molar refractivity (Wildman–Crippen MR) is 53.7 cm³/mol. The smallest absolute Gasteiger partial charge is 0.308 e. The fourth-order valence-electron chi connectivity index (χ4n) is 1.83. The first-order valence-corrected chi connectivity index (χ1v) is 5.21. The van der Waals surface area contributed by atoms with Crippen LogP contribution >= 0.6 is 0 Å². The first-order chi connectivity index (χ1) is 6.77. The van der Waals surface area contributed by atoms with Crippen LogP contribution in [0.25, 0.3) is 0 Å². The second kappa shape index (κ2) is 5.68. The van der Waals surface area contributed by atoms with Crippen LogP contribution in [0.4, 0.5) is 0 Å². The van der Waals surface area contributed by atoms with Gasteiger partial charge in [0, 0.05) is 0 Å². The number of carbonyl (C=O) groups is 1. The maximum absolute atomic E-state index is 11.4. The fraction of sp³-hybridized carbons (Fsp3) is 0.727. The number of hydrogen-bond donors (Lipinski definition) is 0. The van der Waals surface area contributed by atoms with E-state index in [0.29, 0.717) is 6.61 Å². The quantitative estimate of drug-likeness (QED) is 0.513. The molecule has 1 saturated carbocycles. The van der Waals surface area contributed by atoms with Gasteiger partial charge in [-0.15, -0.1) is 0 Å². The Hall–Kier alpha value is -0.990. The summed E-state index contributed by atoms with van der Waals surface area (Å²) in [6.45, 7) is 5.84. The second-order valence-electron chi connectivity index (χ2n) is 3.53. The van der Waals surface area contributed by atoms with Crippen LogP contribution in [-0.2, 0) is 14.3 Å². The fourth-order valence-corrected chi connectivity index (χ4v) is 1.83. The number of rotatable bonds is 4. The van der Waals surface area contributed by atoms with Gasteiger partial charge in [0.05, 0.1) is 24.9 Å². The summed E-state index contributed by atoms with van der Waals surface area (Å²) in [4.78, 5) is 11.4. The summed E-state index contributed by atoms with van der Waals surface area (Å²) in [5, 5.41) is 0. The lowest BCUT2D eigenvalue weighted by Crippen LogP contribution is -2.26. The van der Waals surface area contributed by atoms with E-state index in [4.69, 9.17) is 9.47 Å². The average Bonchev–Trinajstić information content (AvgIpc) is 2.20. The van der Waals surface area contributed by atoms with Crippen molar-refractivity contribution in [1.29, 1.82) is 0 Å². The third-order valence-corrected chi connectivity index (χ3v) is 2.58. The molecule has 0 aromatic heterocycles. The molecule has 1 fully saturated rings. The number of hydrogen-bond acceptors (Lipinski definition) is 3. The van der Waals surface area contributed by atoms with Crippen LogP contribution in [0, 0.1) is 5.92 Å². The van der Waals surface area contributed by atoms with Crippen LogP contribution in [-0.4, -0.2) is 18.7 Å². The van der Waals surface area contributed by atoms with Crippen LogP contribution < -0.4 is 0 Å². The Bertz CT molecular complexity index is 193. The Kier molecular flexibility index (Phi) is 4.50. The zero-order valence-electron chi connectivity index (χ0n) is 8.70. The predicted octanol–water partition coefficient (Wildman–Crippen LogP) is 2.27. The molecule has 0 atom stereocenters. The van der Waals surface area contributed by atoms with Crippen molar-refractivity contribution < 1.29 is 14.3 Å². The normalized spacial score (nSPS) is 26.6. The molecule has 0 saturated heterocycles. The van der Waals surface area contributed by atoms with Gasteiger partial charge in [0.25, 0.3) is 0 Å². The zero-order valence-corrected chi connectivity index (χ0v) is 8.70. The molecule has 1 aliphatic rings. The lowest BCUT2D eigenvalue weighted by atomic mass is 9.87. The highest BCUT2D eigenvalue weighted by atomic mass is 16.5. The van der Waals surface area contributed by atoms with E-state index in [2.05, 4.69) is 6.58 Å². The average molecular weight is 198 g/mol. The molecule has 3 heteroatoms. The molecule has 0 amide bonds. The molecule has 14 heavy (non-hydrogen) atoms. The summed E-state index contributed by atoms with van der Waals surface area (Å²) in [6.07, 6.45) is 5.33. The van der Waals surface area contributed by atoms with Crippen molar-refractivity contribution in [2.24, 2.45) is 5.92 Å². The van der Waals surface area contributed by atoms with Crippen LogP contribution in [0.5, 0.6) is 0 Å². The van der Waals surface area contributed by atoms with Gasteiger partial charge in [-0.05, 0) is 32.6 Å². The van der Waals surface area contributed by atoms with E-state index >= 15 is 0 Å². The molecule has 0 heterocycles. The Morgan fingerprint density at radius 1 is 1.43 bits per heavy atom. The molecule has 0 aromatic rings. The van der Waals surface area contributed by atoms with Gasteiger partial charge in [0.15, 0.2) is 0 Å². The van der Waals surface area contributed by atoms with Crippen LogP contribution in [0.1, 0.15) is 32.6 Å². The van der Waals surface area contributed by atoms with Crippen molar-refractivity contribution in [3.63, 3.8) is 0 Å². The molecule has 1 rings (SSSR count). The molecule has 3 nitrogen and oxygen atoms in total. The van der Waals surface area contributed by atoms with Crippen LogP contribution in [0.2, 0.25) is 0 Å². The Morgan fingerprint density at radius 3 is 2.57 bits per heavy atom. The topological polar surface area (TPSA) is 35.5 Å². The Morgan fingerprint density at radius 2 is 2.07 bits per heavy atom. The Labute approximate surface area is 85.1 Å². The van der Waals surface area contributed by atoms with Crippen molar-refractivity contribution in [2.75, 3.05) is 6.61 Å². The highest BCUT2D eigenvalue weighted by Crippen LogP contribution is 2.27. The number of carbonyl (C=O) groups excluding carboxylic acids is 1. The first kappa shape index (κ1) is 11.1. The molecule has 1 aliphatic carbocycles. The minimum absolute atomic E-state index is 0.0513. The minimum Gasteiger partial charge on any atom is -0.499 e. The van der Waals surface area contributed by atoms with Crippen LogP contribution in [0.15, 0.2) is 12.8 Å². The highest BCUT2D eigenvalue weighted by Gasteiger charge is 2.27. The standard InChI is InChI=1S/C11H18O3/c1-3-13-10-7-5-9(6-8-10)11(12)14-4-2/h3,9-10H,1,4-8H2,2H3. The second-order valence-corrected chi connectivity index (χ2v) is 3.53. The maximum Gasteiger partial charge on any atom is 0.308 e. The van der Waals surface area contributed by atoms with E-state index in [1.54, 1.807) is 0 Å². The molecule has 80 valence electrons. The lowest BCUT2D eigenvalue weighted by Gasteiger charge is -2.26. The van der Waals surface area contributed by atoms with Crippen molar-refractivity contribution in [1.82, 2.24) is 0 Å². The van der Waals surface area contributed by atoms with E-state index in [1.807, 2.05) is 6.92 Å². The molecule has 0 spiro atoms. The monoisotopic (exact) mass is 198 g/mol. The lowest BCUT2D eigenvalue weighted by molar-refractivity contribution is -0.149. The van der Waals surface area contributed by atoms with Gasteiger partial charge < -0.3 is 9.47 Å². The van der Waals surface area contributed by atoms with Crippen molar-refractivity contribution in [3.05, 3.63) is 12.8 Å². The molecule has 0 bridgehead atoms. The molecule has 0 N–H and O–H groups in total. The van der Waals surface area contributed by atoms with E-state index in [1.165, 1.54) is 6.26 Å². The number of esters is 1. The van der Waals surface area contributed by atoms with Gasteiger partial charge >= 0.3 is 5.97 Å². The first-order valence-electron chi connectivity index (χ1n) is 5.21. The molecule has 0 unspecified atom stereocenters. The van der Waals surface area contributed by atoms with E-state index < -0.39 is 0 Å². The van der Waals surface area contributed by atoms with Crippen molar-refractivity contribution >= 4 is 5.97 Å². The molecule has 0 aromatic carbocycles. The van der Waals surface area contributed by atoms with E-state index in [0.717, 1.165) is 25.7 Å². The van der Waals surface area contributed by atoms with Crippen LogP contribution in [0.3, 0.4) is 0 Å². The molecule has 0 radical (unpaired) electrons. The summed E-state index contributed by atoms with van der Waals surface area (Å²) >= 11 is 0. The SMILES string of the molecule is C=COC1CCC(C(=O)OCC)CC1. The van der Waals surface area contributed by atoms with Gasteiger partial charge in [-0.25, -0.2) is 0 Å². The third kappa shape index (κ3) is 3.05. The maximum atomic E-state index is 11.4. The molecule has 0 aliphatic heterocycles. The van der Waals surface area contributed by atoms with E-state index in [-0.39, 0.29) is 18.0 Å². The van der Waals surface area contributed by atoms with Gasteiger partial charge in [0.1, 0.15) is 0 Å². The van der Waals surface area contributed by atoms with E-state index in [9.17, 15) is 4.79 Å². The van der Waals surface area contributed by atoms with Crippen molar-refractivity contribution in [3.8, 4) is 0 Å². The summed E-state index contributed by atoms with van der Waals surface area (Å²) in [7, 11) is 0. The number of ether oxygens (including phenoxy) is 2. The van der Waals surface area contributed by atoms with Gasteiger partial charge in [0.2, 0.25) is 0 Å². The zero-order chi connectivity index (χ0) is 10.4. The highest BCUT2D eigenvalue weighted by molar-refractivity contribution is 5.72. The summed E-state index contributed by atoms with van der Waals surface area (Å²) < 4.78 is 10.3. The van der Waals surface area contributed by atoms with Gasteiger partial charge in [-0.1, -0.05) is 6.58 Å². The Balaban J connectivity index is 2.27. The largest absolute Gasteiger partial charge is 0.499 e.